The van der Waals surface area contributed by atoms with Gasteiger partial charge in [-0.2, -0.15) is 0 Å². The topological polar surface area (TPSA) is 51.2 Å². The van der Waals surface area contributed by atoms with Crippen molar-refractivity contribution in [3.8, 4) is 5.75 Å². The molecule has 0 atom stereocenters. The van der Waals surface area contributed by atoms with Crippen LogP contribution in [0.2, 0.25) is 0 Å². The van der Waals surface area contributed by atoms with Gasteiger partial charge in [-0.3, -0.25) is 9.78 Å². The molecule has 0 aliphatic rings. The molecule has 1 N–H and O–H groups in total. The van der Waals surface area contributed by atoms with Crippen molar-refractivity contribution in [2.24, 2.45) is 0 Å². The second-order valence-electron chi connectivity index (χ2n) is 5.97. The van der Waals surface area contributed by atoms with Crippen molar-refractivity contribution in [3.05, 3.63) is 52.8 Å². The molecule has 2 aromatic rings. The van der Waals surface area contributed by atoms with Crippen molar-refractivity contribution in [1.29, 1.82) is 0 Å². The van der Waals surface area contributed by atoms with Crippen LogP contribution in [-0.2, 0) is 10.2 Å². The number of nitrogens with one attached hydrogen (secondary N) is 1. The summed E-state index contributed by atoms with van der Waals surface area (Å²) < 4.78 is 6.40. The first-order valence-electron chi connectivity index (χ1n) is 6.99. The van der Waals surface area contributed by atoms with E-state index in [9.17, 15) is 4.79 Å². The minimum absolute atomic E-state index is 0.0532. The van der Waals surface area contributed by atoms with E-state index >= 15 is 0 Å². The van der Waals surface area contributed by atoms with Crippen LogP contribution in [0.15, 0.2) is 47.2 Å². The molecule has 0 bridgehead atoms. The Bertz CT molecular complexity index is 651. The maximum Gasteiger partial charge on any atom is 0.262 e. The summed E-state index contributed by atoms with van der Waals surface area (Å²) in [5.74, 6) is 0.425. The molecule has 1 aromatic heterocycles. The summed E-state index contributed by atoms with van der Waals surface area (Å²) in [6, 6.07) is 9.45. The summed E-state index contributed by atoms with van der Waals surface area (Å²) >= 11 is 3.49. The lowest BCUT2D eigenvalue weighted by Gasteiger charge is -2.20. The maximum atomic E-state index is 11.8. The Hall–Kier alpha value is -1.88. The van der Waals surface area contributed by atoms with Gasteiger partial charge < -0.3 is 10.1 Å². The fourth-order valence-electron chi connectivity index (χ4n) is 1.86. The first-order chi connectivity index (χ1) is 10.4. The van der Waals surface area contributed by atoms with Gasteiger partial charge in [0, 0.05) is 6.20 Å². The van der Waals surface area contributed by atoms with E-state index in [4.69, 9.17) is 4.74 Å². The summed E-state index contributed by atoms with van der Waals surface area (Å²) in [6.45, 7) is 6.40. The summed E-state index contributed by atoms with van der Waals surface area (Å²) in [5.41, 5.74) is 1.92. The second kappa shape index (κ2) is 6.92. The number of carbonyl (C=O) groups excluding carboxylic acids is 1. The Balaban J connectivity index is 1.96. The smallest absolute Gasteiger partial charge is 0.262 e. The molecule has 0 radical (unpaired) electrons. The van der Waals surface area contributed by atoms with Gasteiger partial charge in [0.15, 0.2) is 6.61 Å². The van der Waals surface area contributed by atoms with E-state index in [1.54, 1.807) is 24.5 Å². The summed E-state index contributed by atoms with van der Waals surface area (Å²) in [4.78, 5) is 15.8. The zero-order valence-corrected chi connectivity index (χ0v) is 14.5. The molecule has 2 rings (SSSR count). The van der Waals surface area contributed by atoms with Gasteiger partial charge in [0.05, 0.1) is 16.4 Å². The zero-order valence-electron chi connectivity index (χ0n) is 12.9. The summed E-state index contributed by atoms with van der Waals surface area (Å²) in [6.07, 6.45) is 3.24. The highest BCUT2D eigenvalue weighted by molar-refractivity contribution is 9.10. The number of aromatic nitrogens is 1. The number of hydrogen-bond acceptors (Lipinski definition) is 3. The maximum absolute atomic E-state index is 11.8. The van der Waals surface area contributed by atoms with E-state index in [1.165, 1.54) is 5.56 Å². The molecule has 1 amide bonds. The fourth-order valence-corrected chi connectivity index (χ4v) is 2.35. The van der Waals surface area contributed by atoms with Crippen LogP contribution in [0.5, 0.6) is 5.75 Å². The lowest BCUT2D eigenvalue weighted by atomic mass is 9.87. The first-order valence-corrected chi connectivity index (χ1v) is 7.78. The van der Waals surface area contributed by atoms with E-state index in [-0.39, 0.29) is 17.9 Å². The van der Waals surface area contributed by atoms with E-state index < -0.39 is 0 Å². The number of anilines is 1. The summed E-state index contributed by atoms with van der Waals surface area (Å²) in [7, 11) is 0. The van der Waals surface area contributed by atoms with Crippen LogP contribution >= 0.6 is 15.9 Å². The number of ether oxygens (including phenoxy) is 1. The van der Waals surface area contributed by atoms with Gasteiger partial charge in [0.2, 0.25) is 0 Å². The van der Waals surface area contributed by atoms with Crippen LogP contribution in [0.25, 0.3) is 0 Å². The number of benzene rings is 1. The number of pyridine rings is 1. The third kappa shape index (κ3) is 4.56. The standard InChI is InChI=1S/C17H19BrN2O2/c1-17(2,3)12-6-7-15(14(18)9-12)22-11-16(21)20-13-5-4-8-19-10-13/h4-10H,11H2,1-3H3,(H,20,21). The lowest BCUT2D eigenvalue weighted by molar-refractivity contribution is -0.118. The highest BCUT2D eigenvalue weighted by Crippen LogP contribution is 2.31. The van der Waals surface area contributed by atoms with Gasteiger partial charge in [-0.15, -0.1) is 0 Å². The second-order valence-corrected chi connectivity index (χ2v) is 6.83. The predicted octanol–water partition coefficient (Wildman–Crippen LogP) is 4.16. The molecular formula is C17H19BrN2O2. The predicted molar refractivity (Wildman–Crippen MR) is 91.2 cm³/mol. The number of amides is 1. The average Bonchev–Trinajstić information content (AvgIpc) is 2.46. The van der Waals surface area contributed by atoms with Gasteiger partial charge in [0.1, 0.15) is 5.75 Å². The van der Waals surface area contributed by atoms with E-state index in [1.807, 2.05) is 18.2 Å². The molecule has 0 saturated heterocycles. The summed E-state index contributed by atoms with van der Waals surface area (Å²) in [5, 5.41) is 2.73. The van der Waals surface area contributed by atoms with Crippen molar-refractivity contribution in [2.45, 2.75) is 26.2 Å². The van der Waals surface area contributed by atoms with E-state index in [0.29, 0.717) is 11.4 Å². The molecular weight excluding hydrogens is 344 g/mol. The quantitative estimate of drug-likeness (QED) is 0.888. The number of carbonyl (C=O) groups is 1. The largest absolute Gasteiger partial charge is 0.483 e. The van der Waals surface area contributed by atoms with Crippen LogP contribution in [0.1, 0.15) is 26.3 Å². The van der Waals surface area contributed by atoms with Crippen LogP contribution in [0.4, 0.5) is 5.69 Å². The molecule has 5 heteroatoms. The van der Waals surface area contributed by atoms with Gasteiger partial charge in [-0.1, -0.05) is 26.8 Å². The van der Waals surface area contributed by atoms with Crippen LogP contribution in [0, 0.1) is 0 Å². The fraction of sp³-hybridized carbons (Fsp3) is 0.294. The Morgan fingerprint density at radius 1 is 1.32 bits per heavy atom. The Kier molecular flexibility index (Phi) is 5.19. The van der Waals surface area contributed by atoms with E-state index in [2.05, 4.69) is 47.0 Å². The van der Waals surface area contributed by atoms with Crippen LogP contribution in [0.3, 0.4) is 0 Å². The average molecular weight is 363 g/mol. The minimum atomic E-state index is -0.222. The molecule has 0 unspecified atom stereocenters. The molecule has 0 aliphatic heterocycles. The zero-order chi connectivity index (χ0) is 16.2. The van der Waals surface area contributed by atoms with Gasteiger partial charge in [-0.05, 0) is 51.2 Å². The van der Waals surface area contributed by atoms with Crippen LogP contribution < -0.4 is 10.1 Å². The lowest BCUT2D eigenvalue weighted by Crippen LogP contribution is -2.20. The van der Waals surface area contributed by atoms with Gasteiger partial charge in [0.25, 0.3) is 5.91 Å². The highest BCUT2D eigenvalue weighted by Gasteiger charge is 2.15. The Morgan fingerprint density at radius 3 is 2.68 bits per heavy atom. The first kappa shape index (κ1) is 16.5. The Morgan fingerprint density at radius 2 is 2.09 bits per heavy atom. The molecule has 1 aromatic carbocycles. The SMILES string of the molecule is CC(C)(C)c1ccc(OCC(=O)Nc2cccnc2)c(Br)c1. The number of halogens is 1. The van der Waals surface area contributed by atoms with Gasteiger partial charge >= 0.3 is 0 Å². The van der Waals surface area contributed by atoms with Crippen LogP contribution in [-0.4, -0.2) is 17.5 Å². The number of hydrogen-bond donors (Lipinski definition) is 1. The normalized spacial score (nSPS) is 11.1. The molecule has 0 aliphatic carbocycles. The third-order valence-corrected chi connectivity index (χ3v) is 3.72. The third-order valence-electron chi connectivity index (χ3n) is 3.10. The molecule has 0 saturated carbocycles. The van der Waals surface area contributed by atoms with Crippen molar-refractivity contribution < 1.29 is 9.53 Å². The highest BCUT2D eigenvalue weighted by atomic mass is 79.9. The van der Waals surface area contributed by atoms with Crippen molar-refractivity contribution in [1.82, 2.24) is 4.98 Å². The molecule has 0 fully saturated rings. The van der Waals surface area contributed by atoms with Crippen molar-refractivity contribution >= 4 is 27.5 Å². The monoisotopic (exact) mass is 362 g/mol. The van der Waals surface area contributed by atoms with Gasteiger partial charge in [-0.25, -0.2) is 0 Å². The minimum Gasteiger partial charge on any atom is -0.483 e. The molecule has 22 heavy (non-hydrogen) atoms. The molecule has 116 valence electrons. The molecule has 1 heterocycles. The van der Waals surface area contributed by atoms with E-state index in [0.717, 1.165) is 4.47 Å². The molecule has 4 nitrogen and oxygen atoms in total. The Labute approximate surface area is 139 Å². The number of rotatable bonds is 4. The molecule has 0 spiro atoms. The van der Waals surface area contributed by atoms with Crippen molar-refractivity contribution in [2.75, 3.05) is 11.9 Å². The number of nitrogens with zero attached hydrogens (tertiary/aromatic N) is 1. The van der Waals surface area contributed by atoms with Crippen molar-refractivity contribution in [3.63, 3.8) is 0 Å².